The SMILES string of the molecule is O=C(COc1ccccc1-n1cnnc1)N1C[C@H]2C[C@@H](C1)c1cccc(=O)n1C2. The van der Waals surface area contributed by atoms with Gasteiger partial charge in [0, 0.05) is 37.3 Å². The molecule has 148 valence electrons. The molecule has 5 rings (SSSR count). The van der Waals surface area contributed by atoms with E-state index >= 15 is 0 Å². The molecule has 0 radical (unpaired) electrons. The number of nitrogens with zero attached hydrogens (tertiary/aromatic N) is 5. The van der Waals surface area contributed by atoms with E-state index in [0.29, 0.717) is 31.3 Å². The number of piperidine rings is 1. The first-order valence-corrected chi connectivity index (χ1v) is 9.73. The lowest BCUT2D eigenvalue weighted by molar-refractivity contribution is -0.136. The molecule has 2 aliphatic rings. The van der Waals surface area contributed by atoms with Crippen molar-refractivity contribution < 1.29 is 9.53 Å². The summed E-state index contributed by atoms with van der Waals surface area (Å²) in [5.74, 6) is 1.07. The zero-order chi connectivity index (χ0) is 19.8. The van der Waals surface area contributed by atoms with Crippen molar-refractivity contribution in [1.29, 1.82) is 0 Å². The van der Waals surface area contributed by atoms with Crippen molar-refractivity contribution in [3.63, 3.8) is 0 Å². The van der Waals surface area contributed by atoms with Crippen LogP contribution < -0.4 is 10.3 Å². The summed E-state index contributed by atoms with van der Waals surface area (Å²) in [6, 6.07) is 12.9. The zero-order valence-electron chi connectivity index (χ0n) is 15.8. The van der Waals surface area contributed by atoms with Crippen LogP contribution in [0.1, 0.15) is 18.0 Å². The number of aromatic nitrogens is 4. The predicted molar refractivity (Wildman–Crippen MR) is 105 cm³/mol. The molecule has 2 aromatic heterocycles. The molecular weight excluding hydrogens is 370 g/mol. The molecule has 1 fully saturated rings. The van der Waals surface area contributed by atoms with Crippen LogP contribution in [-0.4, -0.2) is 49.8 Å². The van der Waals surface area contributed by atoms with Crippen LogP contribution >= 0.6 is 0 Å². The van der Waals surface area contributed by atoms with Gasteiger partial charge in [0.05, 0.1) is 5.69 Å². The van der Waals surface area contributed by atoms with Crippen molar-refractivity contribution in [1.82, 2.24) is 24.2 Å². The third kappa shape index (κ3) is 3.30. The molecule has 0 N–H and O–H groups in total. The molecule has 3 aromatic rings. The normalized spacial score (nSPS) is 20.2. The van der Waals surface area contributed by atoms with Gasteiger partial charge in [0.1, 0.15) is 18.4 Å². The van der Waals surface area contributed by atoms with E-state index in [1.165, 1.54) is 0 Å². The molecule has 1 aromatic carbocycles. The van der Waals surface area contributed by atoms with Gasteiger partial charge in [-0.05, 0) is 30.5 Å². The van der Waals surface area contributed by atoms with Crippen molar-refractivity contribution in [2.75, 3.05) is 19.7 Å². The molecule has 8 heteroatoms. The lowest BCUT2D eigenvalue weighted by atomic mass is 9.83. The van der Waals surface area contributed by atoms with Crippen molar-refractivity contribution in [2.24, 2.45) is 5.92 Å². The zero-order valence-corrected chi connectivity index (χ0v) is 15.8. The summed E-state index contributed by atoms with van der Waals surface area (Å²) < 4.78 is 9.48. The maximum absolute atomic E-state index is 12.9. The number of ether oxygens (including phenoxy) is 1. The van der Waals surface area contributed by atoms with Gasteiger partial charge in [-0.25, -0.2) is 0 Å². The lowest BCUT2D eigenvalue weighted by Gasteiger charge is -2.42. The minimum atomic E-state index is -0.0370. The number of amides is 1. The first-order valence-electron chi connectivity index (χ1n) is 9.73. The number of para-hydroxylation sites is 2. The summed E-state index contributed by atoms with van der Waals surface area (Å²) >= 11 is 0. The molecule has 8 nitrogen and oxygen atoms in total. The molecule has 1 saturated heterocycles. The largest absolute Gasteiger partial charge is 0.482 e. The van der Waals surface area contributed by atoms with Crippen LogP contribution in [0.3, 0.4) is 0 Å². The standard InChI is InChI=1S/C21H21N5O3/c27-20-7-3-5-17-16-8-15(10-26(17)20)9-24(11-16)21(28)12-29-19-6-2-1-4-18(19)25-13-22-23-14-25/h1-7,13-16H,8-12H2/t15-,16+/m1/s1. The second-order valence-corrected chi connectivity index (χ2v) is 7.62. The molecule has 2 aliphatic heterocycles. The Morgan fingerprint density at radius 2 is 1.86 bits per heavy atom. The Labute approximate surface area is 167 Å². The molecule has 2 atom stereocenters. The van der Waals surface area contributed by atoms with Crippen LogP contribution in [0.5, 0.6) is 5.75 Å². The van der Waals surface area contributed by atoms with Crippen LogP contribution in [0.25, 0.3) is 5.69 Å². The first kappa shape index (κ1) is 17.7. The molecule has 0 aliphatic carbocycles. The average Bonchev–Trinajstić information content (AvgIpc) is 3.28. The number of hydrogen-bond acceptors (Lipinski definition) is 5. The Kier molecular flexibility index (Phi) is 4.38. The number of likely N-dealkylation sites (tertiary alicyclic amines) is 1. The molecule has 2 bridgehead atoms. The van der Waals surface area contributed by atoms with E-state index in [2.05, 4.69) is 10.2 Å². The Balaban J connectivity index is 1.29. The van der Waals surface area contributed by atoms with Gasteiger partial charge in [0.2, 0.25) is 0 Å². The summed E-state index contributed by atoms with van der Waals surface area (Å²) in [6.45, 7) is 1.93. The Hall–Kier alpha value is -3.42. The highest BCUT2D eigenvalue weighted by atomic mass is 16.5. The predicted octanol–water partition coefficient (Wildman–Crippen LogP) is 1.45. The number of carbonyl (C=O) groups excluding carboxylic acids is 1. The van der Waals surface area contributed by atoms with Crippen molar-refractivity contribution in [2.45, 2.75) is 18.9 Å². The quantitative estimate of drug-likeness (QED) is 0.672. The van der Waals surface area contributed by atoms with E-state index in [-0.39, 0.29) is 24.0 Å². The number of rotatable bonds is 4. The number of carbonyl (C=O) groups is 1. The molecule has 4 heterocycles. The molecule has 29 heavy (non-hydrogen) atoms. The number of pyridine rings is 1. The summed E-state index contributed by atoms with van der Waals surface area (Å²) in [4.78, 5) is 26.9. The van der Waals surface area contributed by atoms with E-state index in [9.17, 15) is 9.59 Å². The monoisotopic (exact) mass is 391 g/mol. The topological polar surface area (TPSA) is 82.2 Å². The van der Waals surface area contributed by atoms with Gasteiger partial charge >= 0.3 is 0 Å². The van der Waals surface area contributed by atoms with Crippen LogP contribution in [0.15, 0.2) is 59.9 Å². The summed E-state index contributed by atoms with van der Waals surface area (Å²) in [7, 11) is 0. The summed E-state index contributed by atoms with van der Waals surface area (Å²) in [5.41, 5.74) is 1.87. The highest BCUT2D eigenvalue weighted by Gasteiger charge is 2.36. The molecule has 0 saturated carbocycles. The maximum atomic E-state index is 12.9. The molecule has 0 unspecified atom stereocenters. The van der Waals surface area contributed by atoms with Crippen molar-refractivity contribution >= 4 is 5.91 Å². The van der Waals surface area contributed by atoms with E-state index < -0.39 is 0 Å². The Morgan fingerprint density at radius 1 is 1.03 bits per heavy atom. The van der Waals surface area contributed by atoms with Gasteiger partial charge in [-0.3, -0.25) is 14.2 Å². The fourth-order valence-electron chi connectivity index (χ4n) is 4.45. The second-order valence-electron chi connectivity index (χ2n) is 7.62. The van der Waals surface area contributed by atoms with Gasteiger partial charge in [-0.2, -0.15) is 0 Å². The summed E-state index contributed by atoms with van der Waals surface area (Å²) in [6.07, 6.45) is 4.20. The van der Waals surface area contributed by atoms with Crippen molar-refractivity contribution in [3.8, 4) is 11.4 Å². The Morgan fingerprint density at radius 3 is 2.72 bits per heavy atom. The van der Waals surface area contributed by atoms with Crippen molar-refractivity contribution in [3.05, 3.63) is 71.2 Å². The average molecular weight is 391 g/mol. The third-order valence-electron chi connectivity index (χ3n) is 5.75. The van der Waals surface area contributed by atoms with E-state index in [1.54, 1.807) is 29.4 Å². The van der Waals surface area contributed by atoms with Gasteiger partial charge in [0.25, 0.3) is 11.5 Å². The van der Waals surface area contributed by atoms with E-state index in [0.717, 1.165) is 17.8 Å². The fourth-order valence-corrected chi connectivity index (χ4v) is 4.45. The van der Waals surface area contributed by atoms with Crippen LogP contribution in [0.4, 0.5) is 0 Å². The smallest absolute Gasteiger partial charge is 0.260 e. The second kappa shape index (κ2) is 7.20. The lowest BCUT2D eigenvalue weighted by Crippen LogP contribution is -2.50. The van der Waals surface area contributed by atoms with E-state index in [4.69, 9.17) is 4.74 Å². The van der Waals surface area contributed by atoms with Gasteiger partial charge in [-0.15, -0.1) is 10.2 Å². The van der Waals surface area contributed by atoms with Crippen LogP contribution in [0.2, 0.25) is 0 Å². The number of benzene rings is 1. The first-order chi connectivity index (χ1) is 14.2. The van der Waals surface area contributed by atoms with Gasteiger partial charge < -0.3 is 14.2 Å². The molecule has 1 amide bonds. The Bertz CT molecular complexity index is 1090. The summed E-state index contributed by atoms with van der Waals surface area (Å²) in [5, 5.41) is 7.65. The van der Waals surface area contributed by atoms with Gasteiger partial charge in [0.15, 0.2) is 6.61 Å². The molecule has 0 spiro atoms. The van der Waals surface area contributed by atoms with E-state index in [1.807, 2.05) is 39.8 Å². The van der Waals surface area contributed by atoms with Crippen LogP contribution in [-0.2, 0) is 11.3 Å². The molecular formula is C21H21N5O3. The minimum absolute atomic E-state index is 0.0276. The minimum Gasteiger partial charge on any atom is -0.482 e. The maximum Gasteiger partial charge on any atom is 0.260 e. The fraction of sp³-hybridized carbons (Fsp3) is 0.333. The van der Waals surface area contributed by atoms with Crippen LogP contribution in [0, 0.1) is 5.92 Å². The number of hydrogen-bond donors (Lipinski definition) is 0. The highest BCUT2D eigenvalue weighted by Crippen LogP contribution is 2.35. The third-order valence-corrected chi connectivity index (χ3v) is 5.75. The highest BCUT2D eigenvalue weighted by molar-refractivity contribution is 5.78. The van der Waals surface area contributed by atoms with Gasteiger partial charge in [-0.1, -0.05) is 18.2 Å². The number of fused-ring (bicyclic) bond motifs is 4.